The number of pyridine rings is 1. The Balaban J connectivity index is 1.98. The van der Waals surface area contributed by atoms with Crippen LogP contribution in [0.5, 0.6) is 0 Å². The molecule has 29 heavy (non-hydrogen) atoms. The van der Waals surface area contributed by atoms with Gasteiger partial charge in [0.15, 0.2) is 6.20 Å². The molecule has 5 aromatic rings. The lowest BCUT2D eigenvalue weighted by atomic mass is 9.99. The smallest absolute Gasteiger partial charge is 0.214 e. The zero-order valence-corrected chi connectivity index (χ0v) is 16.8. The fourth-order valence-electron chi connectivity index (χ4n) is 4.49. The molecule has 0 aliphatic heterocycles. The van der Waals surface area contributed by atoms with Crippen molar-refractivity contribution in [3.05, 3.63) is 90.4 Å². The fourth-order valence-corrected chi connectivity index (χ4v) is 4.49. The molecule has 2 heterocycles. The predicted octanol–water partition coefficient (Wildman–Crippen LogP) is 5.94. The van der Waals surface area contributed by atoms with E-state index in [4.69, 9.17) is 0 Å². The quantitative estimate of drug-likeness (QED) is 0.335. The summed E-state index contributed by atoms with van der Waals surface area (Å²) in [5, 5.41) is 2.21. The van der Waals surface area contributed by atoms with Gasteiger partial charge in [-0.25, -0.2) is 8.96 Å². The van der Waals surface area contributed by atoms with E-state index in [9.17, 15) is 0 Å². The van der Waals surface area contributed by atoms with Crippen molar-refractivity contribution in [2.24, 2.45) is 14.1 Å². The second-order valence-electron chi connectivity index (χ2n) is 7.59. The molecule has 0 N–H and O–H groups in total. The first-order valence-electron chi connectivity index (χ1n) is 9.78. The van der Waals surface area contributed by atoms with Gasteiger partial charge in [-0.1, -0.05) is 42.5 Å². The van der Waals surface area contributed by atoms with Gasteiger partial charge >= 0.3 is 0 Å². The molecule has 0 radical (unpaired) electrons. The average molecular weight is 381 g/mol. The predicted molar refractivity (Wildman–Crippen MR) is 117 cm³/mol. The molecule has 0 saturated carbocycles. The third-order valence-corrected chi connectivity index (χ3v) is 5.85. The monoisotopic (exact) mass is 381 g/mol. The molecule has 0 spiro atoms. The number of rotatable bonds is 2. The van der Waals surface area contributed by atoms with Gasteiger partial charge in [-0.15, -0.1) is 0 Å². The van der Waals surface area contributed by atoms with Crippen LogP contribution in [0.2, 0.25) is 0 Å². The van der Waals surface area contributed by atoms with Gasteiger partial charge in [0.05, 0.1) is 16.6 Å². The van der Waals surface area contributed by atoms with Crippen molar-refractivity contribution >= 4 is 21.8 Å². The van der Waals surface area contributed by atoms with Crippen molar-refractivity contribution in [3.63, 3.8) is 0 Å². The second kappa shape index (κ2) is 6.56. The van der Waals surface area contributed by atoms with Gasteiger partial charge in [0.1, 0.15) is 12.9 Å². The Bertz CT molecular complexity index is 1380. The highest BCUT2D eigenvalue weighted by Gasteiger charge is 2.22. The summed E-state index contributed by atoms with van der Waals surface area (Å²) in [7, 11) is 4.10. The molecular formula is C26H22FN2+. The average Bonchev–Trinajstić information content (AvgIpc) is 3.02. The molecule has 3 heteroatoms. The van der Waals surface area contributed by atoms with E-state index in [0.717, 1.165) is 33.1 Å². The lowest BCUT2D eigenvalue weighted by Gasteiger charge is -2.10. The van der Waals surface area contributed by atoms with Crippen LogP contribution in [0.4, 0.5) is 4.39 Å². The zero-order valence-electron chi connectivity index (χ0n) is 16.8. The lowest BCUT2D eigenvalue weighted by Crippen LogP contribution is -2.30. The van der Waals surface area contributed by atoms with Gasteiger partial charge < -0.3 is 4.57 Å². The van der Waals surface area contributed by atoms with Crippen molar-refractivity contribution in [3.8, 4) is 22.4 Å². The zero-order chi connectivity index (χ0) is 20.1. The van der Waals surface area contributed by atoms with Crippen LogP contribution < -0.4 is 4.57 Å². The maximum absolute atomic E-state index is 15.1. The number of hydrogen-bond acceptors (Lipinski definition) is 0. The molecule has 0 aliphatic rings. The molecule has 0 atom stereocenters. The Kier molecular flexibility index (Phi) is 3.99. The third kappa shape index (κ3) is 2.58. The summed E-state index contributed by atoms with van der Waals surface area (Å²) in [6.45, 7) is 2.14. The van der Waals surface area contributed by atoms with E-state index in [2.05, 4.69) is 53.6 Å². The summed E-state index contributed by atoms with van der Waals surface area (Å²) in [6, 6.07) is 23.9. The number of nitrogens with zero attached hydrogens (tertiary/aromatic N) is 2. The Morgan fingerprint density at radius 2 is 1.41 bits per heavy atom. The van der Waals surface area contributed by atoms with Crippen molar-refractivity contribution < 1.29 is 8.96 Å². The van der Waals surface area contributed by atoms with Crippen LogP contribution in [0.1, 0.15) is 5.56 Å². The summed E-state index contributed by atoms with van der Waals surface area (Å²) in [5.41, 5.74) is 7.13. The molecule has 0 unspecified atom stereocenters. The highest BCUT2D eigenvalue weighted by Crippen LogP contribution is 2.40. The second-order valence-corrected chi connectivity index (χ2v) is 7.59. The van der Waals surface area contributed by atoms with Crippen molar-refractivity contribution in [1.82, 2.24) is 4.57 Å². The molecule has 0 bridgehead atoms. The molecule has 0 saturated heterocycles. The lowest BCUT2D eigenvalue weighted by molar-refractivity contribution is -0.660. The number of hydrogen-bond donors (Lipinski definition) is 0. The van der Waals surface area contributed by atoms with E-state index in [1.807, 2.05) is 49.5 Å². The molecule has 0 fully saturated rings. The first kappa shape index (κ1) is 17.6. The summed E-state index contributed by atoms with van der Waals surface area (Å²) < 4.78 is 19.4. The maximum atomic E-state index is 15.1. The van der Waals surface area contributed by atoms with Crippen molar-refractivity contribution in [1.29, 1.82) is 0 Å². The van der Waals surface area contributed by atoms with Gasteiger partial charge in [-0.2, -0.15) is 0 Å². The van der Waals surface area contributed by atoms with Crippen molar-refractivity contribution in [2.45, 2.75) is 6.92 Å². The Morgan fingerprint density at radius 3 is 2.14 bits per heavy atom. The third-order valence-electron chi connectivity index (χ3n) is 5.85. The Labute approximate surface area is 169 Å². The van der Waals surface area contributed by atoms with Gasteiger partial charge in [-0.05, 0) is 36.2 Å². The molecular weight excluding hydrogens is 359 g/mol. The van der Waals surface area contributed by atoms with Gasteiger partial charge in [0, 0.05) is 35.5 Å². The molecule has 5 rings (SSSR count). The number of halogens is 1. The Morgan fingerprint density at radius 1 is 0.759 bits per heavy atom. The molecule has 0 amide bonds. The number of aryl methyl sites for hydroxylation is 3. The first-order chi connectivity index (χ1) is 14.1. The van der Waals surface area contributed by atoms with E-state index in [1.165, 1.54) is 11.1 Å². The van der Waals surface area contributed by atoms with Crippen LogP contribution in [0, 0.1) is 12.7 Å². The van der Waals surface area contributed by atoms with E-state index in [0.29, 0.717) is 5.56 Å². The summed E-state index contributed by atoms with van der Waals surface area (Å²) in [4.78, 5) is 0. The van der Waals surface area contributed by atoms with Crippen LogP contribution in [0.25, 0.3) is 44.2 Å². The highest BCUT2D eigenvalue weighted by atomic mass is 19.1. The van der Waals surface area contributed by atoms with E-state index in [1.54, 1.807) is 6.07 Å². The van der Waals surface area contributed by atoms with E-state index >= 15 is 4.39 Å². The largest absolute Gasteiger partial charge is 0.342 e. The molecule has 0 aliphatic carbocycles. The molecule has 2 aromatic heterocycles. The highest BCUT2D eigenvalue weighted by molar-refractivity contribution is 6.16. The van der Waals surface area contributed by atoms with Crippen LogP contribution in [-0.4, -0.2) is 4.57 Å². The first-order valence-corrected chi connectivity index (χ1v) is 9.78. The molecule has 3 aromatic carbocycles. The SMILES string of the molecule is Cc1ccc2c3ccc(F)c(-c4ccccc4)c3n(C)c2c1-c1cccc[n+]1C. The van der Waals surface area contributed by atoms with Crippen LogP contribution in [0.15, 0.2) is 79.0 Å². The summed E-state index contributed by atoms with van der Waals surface area (Å²) >= 11 is 0. The van der Waals surface area contributed by atoms with Gasteiger partial charge in [0.25, 0.3) is 0 Å². The van der Waals surface area contributed by atoms with Crippen LogP contribution in [-0.2, 0) is 14.1 Å². The summed E-state index contributed by atoms with van der Waals surface area (Å²) in [6.07, 6.45) is 2.06. The number of benzene rings is 3. The number of aromatic nitrogens is 2. The maximum Gasteiger partial charge on any atom is 0.214 e. The van der Waals surface area contributed by atoms with E-state index in [-0.39, 0.29) is 5.82 Å². The topological polar surface area (TPSA) is 8.81 Å². The summed E-state index contributed by atoms with van der Waals surface area (Å²) in [5.74, 6) is -0.196. The normalized spacial score (nSPS) is 11.4. The van der Waals surface area contributed by atoms with Crippen LogP contribution in [0.3, 0.4) is 0 Å². The van der Waals surface area contributed by atoms with Gasteiger partial charge in [0.2, 0.25) is 5.69 Å². The van der Waals surface area contributed by atoms with E-state index < -0.39 is 0 Å². The fraction of sp³-hybridized carbons (Fsp3) is 0.115. The van der Waals surface area contributed by atoms with Crippen LogP contribution >= 0.6 is 0 Å². The molecule has 142 valence electrons. The minimum atomic E-state index is -0.196. The molecule has 2 nitrogen and oxygen atoms in total. The van der Waals surface area contributed by atoms with Crippen molar-refractivity contribution in [2.75, 3.05) is 0 Å². The number of fused-ring (bicyclic) bond motifs is 3. The Hall–Kier alpha value is -3.46. The standard InChI is InChI=1S/C26H22FN2/c1-17-12-13-19-20-14-15-21(27)24(18-9-5-4-6-10-18)26(20)29(3)25(19)23(17)22-11-7-8-16-28(22)2/h4-16H,1-3H3/q+1. The minimum Gasteiger partial charge on any atom is -0.342 e. The van der Waals surface area contributed by atoms with Gasteiger partial charge in [-0.3, -0.25) is 0 Å². The minimum absolute atomic E-state index is 0.196.